The van der Waals surface area contributed by atoms with Crippen molar-refractivity contribution in [2.24, 2.45) is 11.8 Å². The second-order valence-electron chi connectivity index (χ2n) is 7.83. The lowest BCUT2D eigenvalue weighted by molar-refractivity contribution is -0.147. The summed E-state index contributed by atoms with van der Waals surface area (Å²) in [6, 6.07) is 7.58. The molecule has 7 nitrogen and oxygen atoms in total. The molecule has 1 unspecified atom stereocenters. The van der Waals surface area contributed by atoms with Crippen molar-refractivity contribution < 1.29 is 19.5 Å². The average Bonchev–Trinajstić information content (AvgIpc) is 3.16. The standard InChI is InChI=1S/C21H29N3O4/c1-15(25)24-11-9-23(10-12-24)14-16-5-4-8-18(13-16)22-20(26)19(21(27)28)17-6-2-3-7-17/h4-5,8,13,17,19H,2-3,6-7,9-12,14H2,1H3,(H,22,26)(H,27,28). The van der Waals surface area contributed by atoms with E-state index in [1.807, 2.05) is 23.1 Å². The summed E-state index contributed by atoms with van der Waals surface area (Å²) in [7, 11) is 0. The number of nitrogens with zero attached hydrogens (tertiary/aromatic N) is 2. The molecule has 0 aromatic heterocycles. The van der Waals surface area contributed by atoms with Crippen LogP contribution < -0.4 is 5.32 Å². The highest BCUT2D eigenvalue weighted by molar-refractivity contribution is 6.04. The van der Waals surface area contributed by atoms with E-state index in [9.17, 15) is 19.5 Å². The molecule has 1 aliphatic carbocycles. The fourth-order valence-corrected chi connectivity index (χ4v) is 4.27. The molecule has 0 bridgehead atoms. The third-order valence-electron chi connectivity index (χ3n) is 5.84. The van der Waals surface area contributed by atoms with Gasteiger partial charge in [0.15, 0.2) is 0 Å². The zero-order valence-corrected chi connectivity index (χ0v) is 16.4. The molecular formula is C21H29N3O4. The Morgan fingerprint density at radius 2 is 1.82 bits per heavy atom. The van der Waals surface area contributed by atoms with Gasteiger partial charge in [0, 0.05) is 45.3 Å². The van der Waals surface area contributed by atoms with Crippen LogP contribution in [-0.2, 0) is 20.9 Å². The van der Waals surface area contributed by atoms with Crippen LogP contribution in [0.2, 0.25) is 0 Å². The highest BCUT2D eigenvalue weighted by Gasteiger charge is 2.36. The third kappa shape index (κ3) is 5.10. The second-order valence-corrected chi connectivity index (χ2v) is 7.83. The normalized spacial score (nSPS) is 19.4. The van der Waals surface area contributed by atoms with Crippen LogP contribution >= 0.6 is 0 Å². The van der Waals surface area contributed by atoms with Crippen molar-refractivity contribution in [3.8, 4) is 0 Å². The number of piperazine rings is 1. The molecule has 0 radical (unpaired) electrons. The Morgan fingerprint density at radius 3 is 2.43 bits per heavy atom. The van der Waals surface area contributed by atoms with Gasteiger partial charge in [-0.05, 0) is 36.5 Å². The molecule has 28 heavy (non-hydrogen) atoms. The van der Waals surface area contributed by atoms with E-state index in [2.05, 4.69) is 10.2 Å². The Balaban J connectivity index is 1.59. The number of carboxylic acid groups (broad SMARTS) is 1. The van der Waals surface area contributed by atoms with Crippen molar-refractivity contribution in [3.05, 3.63) is 29.8 Å². The minimum absolute atomic E-state index is 0.0711. The van der Waals surface area contributed by atoms with Gasteiger partial charge in [0.25, 0.3) is 0 Å². The number of hydrogen-bond acceptors (Lipinski definition) is 4. The minimum Gasteiger partial charge on any atom is -0.481 e. The summed E-state index contributed by atoms with van der Waals surface area (Å²) < 4.78 is 0. The first-order valence-corrected chi connectivity index (χ1v) is 10.0. The number of carboxylic acids is 1. The van der Waals surface area contributed by atoms with Crippen LogP contribution in [0.1, 0.15) is 38.2 Å². The maximum Gasteiger partial charge on any atom is 0.316 e. The lowest BCUT2D eigenvalue weighted by atomic mass is 9.90. The average molecular weight is 387 g/mol. The smallest absolute Gasteiger partial charge is 0.316 e. The van der Waals surface area contributed by atoms with Gasteiger partial charge in [-0.15, -0.1) is 0 Å². The van der Waals surface area contributed by atoms with E-state index in [-0.39, 0.29) is 11.8 Å². The number of benzene rings is 1. The fraction of sp³-hybridized carbons (Fsp3) is 0.571. The Morgan fingerprint density at radius 1 is 1.14 bits per heavy atom. The van der Waals surface area contributed by atoms with Gasteiger partial charge >= 0.3 is 5.97 Å². The number of carbonyl (C=O) groups is 3. The number of anilines is 1. The molecule has 1 aromatic rings. The first-order chi connectivity index (χ1) is 13.4. The summed E-state index contributed by atoms with van der Waals surface area (Å²) in [4.78, 5) is 39.8. The summed E-state index contributed by atoms with van der Waals surface area (Å²) in [5.41, 5.74) is 1.69. The first-order valence-electron chi connectivity index (χ1n) is 10.0. The second kappa shape index (κ2) is 9.19. The van der Waals surface area contributed by atoms with E-state index in [1.165, 1.54) is 0 Å². The Bertz CT molecular complexity index is 722. The summed E-state index contributed by atoms with van der Waals surface area (Å²) in [6.45, 7) is 5.43. The highest BCUT2D eigenvalue weighted by Crippen LogP contribution is 2.32. The molecule has 3 rings (SSSR count). The van der Waals surface area contributed by atoms with Crippen LogP contribution in [-0.4, -0.2) is 58.9 Å². The highest BCUT2D eigenvalue weighted by atomic mass is 16.4. The summed E-state index contributed by atoms with van der Waals surface area (Å²) in [5, 5.41) is 12.3. The zero-order chi connectivity index (χ0) is 20.1. The molecule has 152 valence electrons. The number of nitrogens with one attached hydrogen (secondary N) is 1. The summed E-state index contributed by atoms with van der Waals surface area (Å²) in [5.74, 6) is -2.40. The number of amides is 2. The minimum atomic E-state index is -1.04. The van der Waals surface area contributed by atoms with Crippen molar-refractivity contribution in [2.75, 3.05) is 31.5 Å². The summed E-state index contributed by atoms with van der Waals surface area (Å²) >= 11 is 0. The molecule has 1 heterocycles. The van der Waals surface area contributed by atoms with Gasteiger partial charge in [-0.2, -0.15) is 0 Å². The number of aliphatic carboxylic acids is 1. The third-order valence-corrected chi connectivity index (χ3v) is 5.84. The zero-order valence-electron chi connectivity index (χ0n) is 16.4. The van der Waals surface area contributed by atoms with Gasteiger partial charge in [-0.3, -0.25) is 19.3 Å². The van der Waals surface area contributed by atoms with E-state index in [4.69, 9.17) is 0 Å². The van der Waals surface area contributed by atoms with Crippen LogP contribution in [0, 0.1) is 11.8 Å². The lowest BCUT2D eigenvalue weighted by Crippen LogP contribution is -2.47. The predicted octanol–water partition coefficient (Wildman–Crippen LogP) is 2.18. The summed E-state index contributed by atoms with van der Waals surface area (Å²) in [6.07, 6.45) is 3.59. The van der Waals surface area contributed by atoms with Gasteiger partial charge in [0.1, 0.15) is 5.92 Å². The Hall–Kier alpha value is -2.41. The van der Waals surface area contributed by atoms with E-state index >= 15 is 0 Å². The van der Waals surface area contributed by atoms with Crippen LogP contribution in [0.15, 0.2) is 24.3 Å². The van der Waals surface area contributed by atoms with Gasteiger partial charge < -0.3 is 15.3 Å². The van der Waals surface area contributed by atoms with Crippen molar-refractivity contribution in [1.29, 1.82) is 0 Å². The molecule has 2 aliphatic rings. The molecule has 1 saturated carbocycles. The maximum absolute atomic E-state index is 12.6. The van der Waals surface area contributed by atoms with Crippen LogP contribution in [0.3, 0.4) is 0 Å². The molecular weight excluding hydrogens is 358 g/mol. The monoisotopic (exact) mass is 387 g/mol. The molecule has 2 amide bonds. The number of carbonyl (C=O) groups excluding carboxylic acids is 2. The van der Waals surface area contributed by atoms with Crippen molar-refractivity contribution in [1.82, 2.24) is 9.80 Å². The van der Waals surface area contributed by atoms with Crippen molar-refractivity contribution in [3.63, 3.8) is 0 Å². The van der Waals surface area contributed by atoms with E-state index in [0.29, 0.717) is 5.69 Å². The SMILES string of the molecule is CC(=O)N1CCN(Cc2cccc(NC(=O)C(C(=O)O)C3CCCC3)c2)CC1. The Labute approximate surface area is 165 Å². The van der Waals surface area contributed by atoms with Crippen molar-refractivity contribution in [2.45, 2.75) is 39.2 Å². The van der Waals surface area contributed by atoms with E-state index in [0.717, 1.165) is 64.0 Å². The molecule has 2 fully saturated rings. The molecule has 0 spiro atoms. The molecule has 2 N–H and O–H groups in total. The Kier molecular flexibility index (Phi) is 6.67. The van der Waals surface area contributed by atoms with E-state index < -0.39 is 17.8 Å². The van der Waals surface area contributed by atoms with Crippen molar-refractivity contribution >= 4 is 23.5 Å². The molecule has 1 aromatic carbocycles. The fourth-order valence-electron chi connectivity index (χ4n) is 4.27. The van der Waals surface area contributed by atoms with Gasteiger partial charge in [-0.25, -0.2) is 0 Å². The quantitative estimate of drug-likeness (QED) is 0.730. The predicted molar refractivity (Wildman–Crippen MR) is 106 cm³/mol. The molecule has 1 saturated heterocycles. The first kappa shape index (κ1) is 20.3. The molecule has 1 atom stereocenters. The van der Waals surface area contributed by atoms with Gasteiger partial charge in [-0.1, -0.05) is 25.0 Å². The topological polar surface area (TPSA) is 90.0 Å². The van der Waals surface area contributed by atoms with Gasteiger partial charge in [0.05, 0.1) is 0 Å². The van der Waals surface area contributed by atoms with Crippen LogP contribution in [0.25, 0.3) is 0 Å². The maximum atomic E-state index is 12.6. The van der Waals surface area contributed by atoms with Crippen LogP contribution in [0.5, 0.6) is 0 Å². The van der Waals surface area contributed by atoms with Crippen LogP contribution in [0.4, 0.5) is 5.69 Å². The van der Waals surface area contributed by atoms with E-state index in [1.54, 1.807) is 13.0 Å². The number of rotatable bonds is 6. The van der Waals surface area contributed by atoms with Gasteiger partial charge in [0.2, 0.25) is 11.8 Å². The molecule has 1 aliphatic heterocycles. The molecule has 7 heteroatoms. The number of hydrogen-bond donors (Lipinski definition) is 2. The largest absolute Gasteiger partial charge is 0.481 e. The lowest BCUT2D eigenvalue weighted by Gasteiger charge is -2.34.